The van der Waals surface area contributed by atoms with Crippen molar-refractivity contribution >= 4 is 24.7 Å². The fraction of sp³-hybridized carbons (Fsp3) is 0.545. The zero-order valence-electron chi connectivity index (χ0n) is 26.0. The summed E-state index contributed by atoms with van der Waals surface area (Å²) in [4.78, 5) is 21.7. The summed E-state index contributed by atoms with van der Waals surface area (Å²) in [6, 6.07) is 15.5. The third-order valence-electron chi connectivity index (χ3n) is 6.95. The van der Waals surface area contributed by atoms with Crippen LogP contribution < -0.4 is 21.3 Å². The van der Waals surface area contributed by atoms with Gasteiger partial charge in [-0.1, -0.05) is 47.9 Å². The van der Waals surface area contributed by atoms with E-state index in [1.54, 1.807) is 4.90 Å². The Labute approximate surface area is 248 Å². The average Bonchev–Trinajstić information content (AvgIpc) is 3.77. The van der Waals surface area contributed by atoms with E-state index in [-0.39, 0.29) is 0 Å². The highest BCUT2D eigenvalue weighted by atomic mass is 16.1. The number of nitrogens with one attached hydrogen (secondary N) is 5. The SMILES string of the molecule is C1CCNCC1.CC1CCCN1.CN(C=O)C1CC1.CNc1ccc(CNC=O)cc1C=N.Cc1ccc(C)cc1. The molecule has 3 aliphatic rings. The Balaban J connectivity index is 0.000000268. The van der Waals surface area contributed by atoms with Crippen LogP contribution in [0, 0.1) is 19.3 Å². The number of carbonyl (C=O) groups is 2. The molecular weight excluding hydrogens is 512 g/mol. The molecular formula is C33H54N6O2. The lowest BCUT2D eigenvalue weighted by atomic mass is 10.1. The number of nitrogens with zero attached hydrogens (tertiary/aromatic N) is 1. The van der Waals surface area contributed by atoms with Crippen molar-refractivity contribution in [1.82, 2.24) is 20.9 Å². The molecule has 1 atom stereocenters. The van der Waals surface area contributed by atoms with E-state index in [0.29, 0.717) is 19.0 Å². The molecule has 1 aliphatic carbocycles. The number of rotatable bonds is 7. The van der Waals surface area contributed by atoms with Crippen LogP contribution in [0.2, 0.25) is 0 Å². The fourth-order valence-electron chi connectivity index (χ4n) is 4.09. The van der Waals surface area contributed by atoms with Crippen LogP contribution >= 0.6 is 0 Å². The molecule has 0 bridgehead atoms. The molecule has 2 aromatic carbocycles. The van der Waals surface area contributed by atoms with E-state index in [9.17, 15) is 9.59 Å². The van der Waals surface area contributed by atoms with Crippen LogP contribution in [0.15, 0.2) is 42.5 Å². The highest BCUT2D eigenvalue weighted by Crippen LogP contribution is 2.23. The predicted molar refractivity (Wildman–Crippen MR) is 173 cm³/mol. The molecule has 2 aromatic rings. The first-order chi connectivity index (χ1) is 19.8. The Morgan fingerprint density at radius 2 is 1.56 bits per heavy atom. The standard InChI is InChI=1S/C10H13N3O.C8H10.C5H9NO.2C5H11N/c1-12-10-3-2-8(6-13-7-14)4-9(10)5-11;1-7-3-5-8(2)6-4-7;1-6(4-7)5-2-3-5;1-5-3-2-4-6-5;1-2-4-6-5-3-1/h2-5,7,11-12H,6H2,1H3,(H,13,14);3-6H,1-2H3;4-5H,2-3H2,1H3;5-6H,2-4H2,1H3;6H,1-5H2. The summed E-state index contributed by atoms with van der Waals surface area (Å²) < 4.78 is 0. The van der Waals surface area contributed by atoms with Crippen molar-refractivity contribution in [3.63, 3.8) is 0 Å². The van der Waals surface area contributed by atoms with Crippen molar-refractivity contribution in [1.29, 1.82) is 5.41 Å². The summed E-state index contributed by atoms with van der Waals surface area (Å²) in [6.45, 7) is 10.7. The summed E-state index contributed by atoms with van der Waals surface area (Å²) in [5.74, 6) is 0. The lowest BCUT2D eigenvalue weighted by Crippen LogP contribution is -2.21. The normalized spacial score (nSPS) is 16.8. The molecule has 228 valence electrons. The van der Waals surface area contributed by atoms with Gasteiger partial charge in [0.15, 0.2) is 0 Å². The minimum absolute atomic E-state index is 0.494. The van der Waals surface area contributed by atoms with Gasteiger partial charge in [-0.05, 0) is 96.6 Å². The zero-order chi connectivity index (χ0) is 30.3. The van der Waals surface area contributed by atoms with Crippen molar-refractivity contribution in [3.05, 3.63) is 64.7 Å². The first-order valence-electron chi connectivity index (χ1n) is 15.0. The van der Waals surface area contributed by atoms with Gasteiger partial charge in [0.05, 0.1) is 0 Å². The predicted octanol–water partition coefficient (Wildman–Crippen LogP) is 5.03. The summed E-state index contributed by atoms with van der Waals surface area (Å²) >= 11 is 0. The van der Waals surface area contributed by atoms with Crippen LogP contribution in [-0.2, 0) is 16.1 Å². The first kappa shape index (κ1) is 35.8. The van der Waals surface area contributed by atoms with Gasteiger partial charge in [-0.3, -0.25) is 9.59 Å². The van der Waals surface area contributed by atoms with Gasteiger partial charge in [0.25, 0.3) is 0 Å². The highest BCUT2D eigenvalue weighted by Gasteiger charge is 2.24. The van der Waals surface area contributed by atoms with Crippen molar-refractivity contribution in [2.24, 2.45) is 0 Å². The molecule has 3 fully saturated rings. The third kappa shape index (κ3) is 17.9. The zero-order valence-corrected chi connectivity index (χ0v) is 26.0. The van der Waals surface area contributed by atoms with Crippen LogP contribution in [-0.4, -0.2) is 69.7 Å². The Bertz CT molecular complexity index is 936. The minimum atomic E-state index is 0.494. The Hall–Kier alpha value is -3.23. The quantitative estimate of drug-likeness (QED) is 0.239. The number of hydrogen-bond donors (Lipinski definition) is 5. The third-order valence-corrected chi connectivity index (χ3v) is 6.95. The van der Waals surface area contributed by atoms with Gasteiger partial charge in [-0.15, -0.1) is 0 Å². The maximum absolute atomic E-state index is 10.1. The Morgan fingerprint density at radius 3 is 1.88 bits per heavy atom. The number of carbonyl (C=O) groups excluding carboxylic acids is 2. The summed E-state index contributed by atoms with van der Waals surface area (Å²) in [7, 11) is 3.64. The Kier molecular flexibility index (Phi) is 19.6. The second-order valence-electron chi connectivity index (χ2n) is 10.8. The van der Waals surface area contributed by atoms with Crippen LogP contribution in [0.1, 0.15) is 74.1 Å². The Morgan fingerprint density at radius 1 is 0.927 bits per heavy atom. The molecule has 41 heavy (non-hydrogen) atoms. The monoisotopic (exact) mass is 566 g/mol. The summed E-state index contributed by atoms with van der Waals surface area (Å²) in [5, 5.41) is 19.4. The fourth-order valence-corrected chi connectivity index (χ4v) is 4.09. The topological polar surface area (TPSA) is 109 Å². The number of amides is 2. The lowest BCUT2D eigenvalue weighted by Gasteiger charge is -2.08. The molecule has 2 aliphatic heterocycles. The van der Waals surface area contributed by atoms with E-state index < -0.39 is 0 Å². The van der Waals surface area contributed by atoms with E-state index in [1.807, 2.05) is 32.3 Å². The molecule has 8 heteroatoms. The molecule has 5 rings (SSSR count). The number of benzene rings is 2. The molecule has 1 unspecified atom stereocenters. The van der Waals surface area contributed by atoms with Gasteiger partial charge in [-0.25, -0.2) is 0 Å². The molecule has 1 saturated carbocycles. The molecule has 5 N–H and O–H groups in total. The second-order valence-corrected chi connectivity index (χ2v) is 10.8. The first-order valence-corrected chi connectivity index (χ1v) is 15.0. The molecule has 2 heterocycles. The van der Waals surface area contributed by atoms with E-state index in [0.717, 1.165) is 29.3 Å². The minimum Gasteiger partial charge on any atom is -0.388 e. The lowest BCUT2D eigenvalue weighted by molar-refractivity contribution is -0.117. The largest absolute Gasteiger partial charge is 0.388 e. The number of piperidine rings is 1. The molecule has 2 saturated heterocycles. The number of aryl methyl sites for hydroxylation is 2. The van der Waals surface area contributed by atoms with Gasteiger partial charge in [0, 0.05) is 50.2 Å². The number of anilines is 1. The maximum atomic E-state index is 10.1. The smallest absolute Gasteiger partial charge is 0.209 e. The van der Waals surface area contributed by atoms with E-state index in [2.05, 4.69) is 66.3 Å². The molecule has 0 spiro atoms. The van der Waals surface area contributed by atoms with Crippen molar-refractivity contribution in [2.45, 2.75) is 84.3 Å². The van der Waals surface area contributed by atoms with Gasteiger partial charge in [0.1, 0.15) is 0 Å². The molecule has 8 nitrogen and oxygen atoms in total. The van der Waals surface area contributed by atoms with E-state index in [1.165, 1.54) is 81.9 Å². The second kappa shape index (κ2) is 22.5. The van der Waals surface area contributed by atoms with E-state index >= 15 is 0 Å². The summed E-state index contributed by atoms with van der Waals surface area (Å²) in [6.07, 6.45) is 12.2. The number of hydrogen-bond acceptors (Lipinski definition) is 6. The molecule has 0 aromatic heterocycles. The summed E-state index contributed by atoms with van der Waals surface area (Å²) in [5.41, 5.74) is 5.37. The van der Waals surface area contributed by atoms with Gasteiger partial charge >= 0.3 is 0 Å². The molecule has 0 radical (unpaired) electrons. The van der Waals surface area contributed by atoms with Crippen molar-refractivity contribution in [2.75, 3.05) is 39.0 Å². The molecule has 2 amide bonds. The van der Waals surface area contributed by atoms with Crippen LogP contribution in [0.25, 0.3) is 0 Å². The maximum Gasteiger partial charge on any atom is 0.209 e. The van der Waals surface area contributed by atoms with Gasteiger partial charge in [0.2, 0.25) is 12.8 Å². The van der Waals surface area contributed by atoms with Gasteiger partial charge in [-0.2, -0.15) is 0 Å². The highest BCUT2D eigenvalue weighted by molar-refractivity contribution is 5.86. The average molecular weight is 567 g/mol. The van der Waals surface area contributed by atoms with Crippen molar-refractivity contribution in [3.8, 4) is 0 Å². The van der Waals surface area contributed by atoms with Crippen LogP contribution in [0.4, 0.5) is 5.69 Å². The van der Waals surface area contributed by atoms with Gasteiger partial charge < -0.3 is 31.6 Å². The van der Waals surface area contributed by atoms with Crippen LogP contribution in [0.5, 0.6) is 0 Å². The van der Waals surface area contributed by atoms with Crippen molar-refractivity contribution < 1.29 is 9.59 Å². The van der Waals surface area contributed by atoms with Crippen LogP contribution in [0.3, 0.4) is 0 Å². The van der Waals surface area contributed by atoms with E-state index in [4.69, 9.17) is 5.41 Å².